The molecule has 1 aliphatic heterocycles. The van der Waals surface area contributed by atoms with Crippen molar-refractivity contribution in [2.75, 3.05) is 25.5 Å². The number of hydrogen-bond acceptors (Lipinski definition) is 5. The van der Waals surface area contributed by atoms with Gasteiger partial charge in [0.1, 0.15) is 5.75 Å². The van der Waals surface area contributed by atoms with Crippen LogP contribution in [-0.4, -0.2) is 32.1 Å². The predicted octanol–water partition coefficient (Wildman–Crippen LogP) is 2.00. The average Bonchev–Trinajstić information content (AvgIpc) is 3.14. The zero-order chi connectivity index (χ0) is 16.8. The van der Waals surface area contributed by atoms with Crippen molar-refractivity contribution < 1.29 is 9.53 Å². The Morgan fingerprint density at radius 2 is 1.92 bits per heavy atom. The Kier molecular flexibility index (Phi) is 4.96. The molecular weight excluding hydrogens is 304 g/mol. The van der Waals surface area contributed by atoms with Crippen LogP contribution in [0.3, 0.4) is 0 Å². The lowest BCUT2D eigenvalue weighted by Crippen LogP contribution is -2.26. The zero-order valence-electron chi connectivity index (χ0n) is 13.5. The van der Waals surface area contributed by atoms with Crippen LogP contribution >= 0.6 is 0 Å². The molecule has 0 saturated heterocycles. The second-order valence-corrected chi connectivity index (χ2v) is 5.39. The molecular formula is C18H20N4O2. The zero-order valence-corrected chi connectivity index (χ0v) is 13.5. The molecule has 3 rings (SSSR count). The normalized spacial score (nSPS) is 13.0. The average molecular weight is 324 g/mol. The summed E-state index contributed by atoms with van der Waals surface area (Å²) in [7, 11) is 1.60. The van der Waals surface area contributed by atoms with E-state index < -0.39 is 0 Å². The molecule has 3 N–H and O–H groups in total. The van der Waals surface area contributed by atoms with Crippen LogP contribution in [0.1, 0.15) is 15.9 Å². The number of nitrogens with one attached hydrogen (secondary N) is 3. The molecule has 0 spiro atoms. The molecule has 0 bridgehead atoms. The highest BCUT2D eigenvalue weighted by Crippen LogP contribution is 2.12. The number of ether oxygens (including phenoxy) is 1. The number of rotatable bonds is 5. The van der Waals surface area contributed by atoms with E-state index in [2.05, 4.69) is 20.9 Å². The summed E-state index contributed by atoms with van der Waals surface area (Å²) >= 11 is 0. The van der Waals surface area contributed by atoms with E-state index in [0.29, 0.717) is 12.1 Å². The molecule has 2 aromatic rings. The third-order valence-corrected chi connectivity index (χ3v) is 3.70. The van der Waals surface area contributed by atoms with Crippen LogP contribution in [0.5, 0.6) is 5.75 Å². The Labute approximate surface area is 140 Å². The lowest BCUT2D eigenvalue weighted by molar-refractivity contribution is 0.0951. The summed E-state index contributed by atoms with van der Waals surface area (Å²) in [5.74, 6) is 1.43. The van der Waals surface area contributed by atoms with E-state index in [1.807, 2.05) is 24.3 Å². The van der Waals surface area contributed by atoms with Gasteiger partial charge in [-0.15, -0.1) is 0 Å². The highest BCUT2D eigenvalue weighted by molar-refractivity contribution is 5.95. The second kappa shape index (κ2) is 7.50. The van der Waals surface area contributed by atoms with Crippen LogP contribution in [0.15, 0.2) is 53.5 Å². The summed E-state index contributed by atoms with van der Waals surface area (Å²) in [6, 6.07) is 14.9. The molecule has 6 nitrogen and oxygen atoms in total. The summed E-state index contributed by atoms with van der Waals surface area (Å²) in [6.07, 6.45) is 0. The van der Waals surface area contributed by atoms with Gasteiger partial charge in [-0.1, -0.05) is 12.1 Å². The van der Waals surface area contributed by atoms with Gasteiger partial charge in [-0.3, -0.25) is 9.79 Å². The molecule has 0 fully saturated rings. The molecule has 124 valence electrons. The molecule has 0 aliphatic carbocycles. The van der Waals surface area contributed by atoms with Crippen molar-refractivity contribution in [2.45, 2.75) is 6.54 Å². The molecule has 0 saturated carbocycles. The molecule has 1 heterocycles. The van der Waals surface area contributed by atoms with Gasteiger partial charge in [0.2, 0.25) is 0 Å². The lowest BCUT2D eigenvalue weighted by atomic mass is 10.1. The van der Waals surface area contributed by atoms with Crippen LogP contribution in [0, 0.1) is 0 Å². The summed E-state index contributed by atoms with van der Waals surface area (Å²) in [5, 5.41) is 9.28. The largest absolute Gasteiger partial charge is 0.497 e. The van der Waals surface area contributed by atoms with Gasteiger partial charge in [0.25, 0.3) is 5.91 Å². The molecule has 0 radical (unpaired) electrons. The number of guanidine groups is 1. The Hall–Kier alpha value is -3.02. The first-order valence-corrected chi connectivity index (χ1v) is 7.81. The smallest absolute Gasteiger partial charge is 0.251 e. The molecule has 2 aromatic carbocycles. The highest BCUT2D eigenvalue weighted by Gasteiger charge is 2.07. The van der Waals surface area contributed by atoms with E-state index in [-0.39, 0.29) is 5.91 Å². The number of nitrogens with zero attached hydrogens (tertiary/aromatic N) is 1. The quantitative estimate of drug-likeness (QED) is 0.786. The molecule has 1 aliphatic rings. The fourth-order valence-electron chi connectivity index (χ4n) is 2.35. The molecule has 0 atom stereocenters. The number of hydrogen-bond donors (Lipinski definition) is 3. The highest BCUT2D eigenvalue weighted by atomic mass is 16.5. The second-order valence-electron chi connectivity index (χ2n) is 5.39. The van der Waals surface area contributed by atoms with Crippen LogP contribution in [0.25, 0.3) is 0 Å². The van der Waals surface area contributed by atoms with Gasteiger partial charge in [-0.05, 0) is 42.0 Å². The predicted molar refractivity (Wildman–Crippen MR) is 94.5 cm³/mol. The van der Waals surface area contributed by atoms with E-state index in [1.54, 1.807) is 31.4 Å². The van der Waals surface area contributed by atoms with Crippen LogP contribution in [-0.2, 0) is 6.54 Å². The summed E-state index contributed by atoms with van der Waals surface area (Å²) in [6.45, 7) is 2.15. The van der Waals surface area contributed by atoms with Crippen molar-refractivity contribution >= 4 is 17.6 Å². The lowest BCUT2D eigenvalue weighted by Gasteiger charge is -2.09. The third-order valence-electron chi connectivity index (χ3n) is 3.70. The van der Waals surface area contributed by atoms with Crippen molar-refractivity contribution in [2.24, 2.45) is 4.99 Å². The summed E-state index contributed by atoms with van der Waals surface area (Å²) in [5.41, 5.74) is 2.61. The molecule has 0 unspecified atom stereocenters. The molecule has 1 amide bonds. The first-order chi connectivity index (χ1) is 11.7. The Balaban J connectivity index is 1.52. The van der Waals surface area contributed by atoms with E-state index in [1.165, 1.54) is 0 Å². The van der Waals surface area contributed by atoms with Crippen LogP contribution in [0.4, 0.5) is 5.69 Å². The number of methoxy groups -OCH3 is 1. The first-order valence-electron chi connectivity index (χ1n) is 7.81. The van der Waals surface area contributed by atoms with Gasteiger partial charge >= 0.3 is 0 Å². The maximum absolute atomic E-state index is 12.1. The fourth-order valence-corrected chi connectivity index (χ4v) is 2.35. The molecule has 24 heavy (non-hydrogen) atoms. The van der Waals surface area contributed by atoms with E-state index in [0.717, 1.165) is 36.0 Å². The number of benzene rings is 2. The van der Waals surface area contributed by atoms with Crippen LogP contribution < -0.4 is 20.7 Å². The van der Waals surface area contributed by atoms with Crippen molar-refractivity contribution in [1.82, 2.24) is 10.6 Å². The monoisotopic (exact) mass is 324 g/mol. The van der Waals surface area contributed by atoms with Crippen molar-refractivity contribution in [1.29, 1.82) is 0 Å². The minimum atomic E-state index is -0.107. The first kappa shape index (κ1) is 15.9. The van der Waals surface area contributed by atoms with Gasteiger partial charge in [0, 0.05) is 24.3 Å². The SMILES string of the molecule is COc1ccc(C(=O)NCc2ccc(NC3=NCCN3)cc2)cc1. The van der Waals surface area contributed by atoms with E-state index in [9.17, 15) is 4.79 Å². The maximum atomic E-state index is 12.1. The van der Waals surface area contributed by atoms with Crippen molar-refractivity contribution in [3.8, 4) is 5.75 Å². The Bertz CT molecular complexity index is 724. The number of amides is 1. The van der Waals surface area contributed by atoms with Gasteiger partial charge < -0.3 is 20.7 Å². The van der Waals surface area contributed by atoms with Gasteiger partial charge in [-0.25, -0.2) is 0 Å². The summed E-state index contributed by atoms with van der Waals surface area (Å²) < 4.78 is 5.09. The summed E-state index contributed by atoms with van der Waals surface area (Å²) in [4.78, 5) is 16.4. The standard InChI is InChI=1S/C18H20N4O2/c1-24-16-8-4-14(5-9-16)17(23)21-12-13-2-6-15(7-3-13)22-18-19-10-11-20-18/h2-9H,10-12H2,1H3,(H,21,23)(H2,19,20,22). The molecule has 0 aromatic heterocycles. The molecule has 6 heteroatoms. The minimum Gasteiger partial charge on any atom is -0.497 e. The van der Waals surface area contributed by atoms with Crippen LogP contribution in [0.2, 0.25) is 0 Å². The number of carbonyl (C=O) groups excluding carboxylic acids is 1. The number of aliphatic imine (C=N–C) groups is 1. The Morgan fingerprint density at radius 3 is 2.54 bits per heavy atom. The third kappa shape index (κ3) is 4.04. The number of anilines is 1. The van der Waals surface area contributed by atoms with E-state index >= 15 is 0 Å². The number of carbonyl (C=O) groups is 1. The van der Waals surface area contributed by atoms with Crippen molar-refractivity contribution in [3.05, 3.63) is 59.7 Å². The maximum Gasteiger partial charge on any atom is 0.251 e. The Morgan fingerprint density at radius 1 is 1.17 bits per heavy atom. The van der Waals surface area contributed by atoms with Crippen molar-refractivity contribution in [3.63, 3.8) is 0 Å². The van der Waals surface area contributed by atoms with Gasteiger partial charge in [-0.2, -0.15) is 0 Å². The topological polar surface area (TPSA) is 74.8 Å². The van der Waals surface area contributed by atoms with Gasteiger partial charge in [0.05, 0.1) is 13.7 Å². The minimum absolute atomic E-state index is 0.107. The fraction of sp³-hybridized carbons (Fsp3) is 0.222. The van der Waals surface area contributed by atoms with Gasteiger partial charge in [0.15, 0.2) is 5.96 Å². The van der Waals surface area contributed by atoms with E-state index in [4.69, 9.17) is 4.74 Å².